The van der Waals surface area contributed by atoms with Crippen molar-refractivity contribution in [3.63, 3.8) is 0 Å². The Bertz CT molecular complexity index is 492. The molecule has 2 heterocycles. The normalized spacial score (nSPS) is 13.1. The molecule has 2 rings (SSSR count). The number of thioether (sulfide) groups is 1. The zero-order valence-corrected chi connectivity index (χ0v) is 11.2. The third-order valence-electron chi connectivity index (χ3n) is 2.86. The van der Waals surface area contributed by atoms with Crippen LogP contribution >= 0.6 is 11.8 Å². The molecule has 0 saturated heterocycles. The molecule has 0 aliphatic heterocycles. The van der Waals surface area contributed by atoms with Crippen LogP contribution in [-0.4, -0.2) is 21.2 Å². The molecule has 1 unspecified atom stereocenters. The van der Waals surface area contributed by atoms with Crippen molar-refractivity contribution in [3.05, 3.63) is 30.1 Å². The zero-order valence-electron chi connectivity index (χ0n) is 10.4. The summed E-state index contributed by atoms with van der Waals surface area (Å²) in [5, 5.41) is 1.73. The van der Waals surface area contributed by atoms with Gasteiger partial charge in [0, 0.05) is 17.9 Å². The van der Waals surface area contributed by atoms with E-state index in [9.17, 15) is 0 Å². The molecule has 17 heavy (non-hydrogen) atoms. The molecule has 4 heteroatoms. The van der Waals surface area contributed by atoms with Gasteiger partial charge in [0.05, 0.1) is 5.69 Å². The van der Waals surface area contributed by atoms with Crippen molar-refractivity contribution in [2.75, 3.05) is 6.54 Å². The highest BCUT2D eigenvalue weighted by atomic mass is 32.2. The first-order valence-corrected chi connectivity index (χ1v) is 6.97. The summed E-state index contributed by atoms with van der Waals surface area (Å²) in [7, 11) is 0. The number of nitrogens with zero attached hydrogens (tertiary/aromatic N) is 2. The Balaban J connectivity index is 2.42. The van der Waals surface area contributed by atoms with Crippen LogP contribution in [-0.2, 0) is 6.42 Å². The molecule has 0 aliphatic carbocycles. The number of imidazole rings is 1. The van der Waals surface area contributed by atoms with E-state index < -0.39 is 0 Å². The second-order valence-corrected chi connectivity index (χ2v) is 5.60. The first-order chi connectivity index (χ1) is 8.26. The van der Waals surface area contributed by atoms with Crippen molar-refractivity contribution in [3.8, 4) is 0 Å². The van der Waals surface area contributed by atoms with Crippen LogP contribution in [0.1, 0.15) is 26.0 Å². The van der Waals surface area contributed by atoms with Crippen molar-refractivity contribution in [2.45, 2.75) is 37.0 Å². The number of fused-ring (bicyclic) bond motifs is 1. The molecule has 0 fully saturated rings. The van der Waals surface area contributed by atoms with E-state index in [1.807, 2.05) is 30.0 Å². The van der Waals surface area contributed by atoms with E-state index in [1.54, 1.807) is 0 Å². The van der Waals surface area contributed by atoms with Gasteiger partial charge in [-0.2, -0.15) is 0 Å². The van der Waals surface area contributed by atoms with Gasteiger partial charge in [-0.1, -0.05) is 19.9 Å². The summed E-state index contributed by atoms with van der Waals surface area (Å²) in [5.74, 6) is 0. The quantitative estimate of drug-likeness (QED) is 0.829. The predicted molar refractivity (Wildman–Crippen MR) is 73.6 cm³/mol. The number of nitrogens with two attached hydrogens (primary N) is 1. The fraction of sp³-hybridized carbons (Fsp3) is 0.462. The molecule has 0 aromatic carbocycles. The summed E-state index contributed by atoms with van der Waals surface area (Å²) >= 11 is 1.85. The lowest BCUT2D eigenvalue weighted by atomic mass is 10.3. The third kappa shape index (κ3) is 2.64. The average Bonchev–Trinajstić information content (AvgIpc) is 2.68. The van der Waals surface area contributed by atoms with Gasteiger partial charge in [-0.15, -0.1) is 11.8 Å². The Kier molecular flexibility index (Phi) is 4.07. The van der Waals surface area contributed by atoms with Gasteiger partial charge < -0.3 is 10.1 Å². The fourth-order valence-corrected chi connectivity index (χ4v) is 2.79. The first kappa shape index (κ1) is 12.5. The molecule has 0 spiro atoms. The number of hydrogen-bond donors (Lipinski definition) is 1. The van der Waals surface area contributed by atoms with E-state index >= 15 is 0 Å². The highest BCUT2D eigenvalue weighted by Crippen LogP contribution is 2.28. The Morgan fingerprint density at radius 2 is 2.29 bits per heavy atom. The van der Waals surface area contributed by atoms with Crippen molar-refractivity contribution in [2.24, 2.45) is 5.73 Å². The van der Waals surface area contributed by atoms with Gasteiger partial charge in [0.1, 0.15) is 10.7 Å². The lowest BCUT2D eigenvalue weighted by Gasteiger charge is -2.07. The third-order valence-corrected chi connectivity index (χ3v) is 4.15. The number of pyridine rings is 1. The molecule has 2 aromatic rings. The largest absolute Gasteiger partial charge is 0.330 e. The van der Waals surface area contributed by atoms with E-state index in [-0.39, 0.29) is 0 Å². The lowest BCUT2D eigenvalue weighted by Crippen LogP contribution is -2.06. The van der Waals surface area contributed by atoms with E-state index in [0.717, 1.165) is 23.5 Å². The predicted octanol–water partition coefficient (Wildman–Crippen LogP) is 2.73. The highest BCUT2D eigenvalue weighted by Gasteiger charge is 2.13. The van der Waals surface area contributed by atoms with Gasteiger partial charge in [-0.25, -0.2) is 4.98 Å². The molecule has 2 aromatic heterocycles. The van der Waals surface area contributed by atoms with Gasteiger partial charge in [-0.3, -0.25) is 0 Å². The molecule has 0 radical (unpaired) electrons. The number of rotatable bonds is 5. The monoisotopic (exact) mass is 249 g/mol. The maximum absolute atomic E-state index is 5.69. The molecule has 92 valence electrons. The van der Waals surface area contributed by atoms with Gasteiger partial charge >= 0.3 is 0 Å². The summed E-state index contributed by atoms with van der Waals surface area (Å²) in [6.45, 7) is 5.10. The Labute approximate surface area is 106 Å². The maximum Gasteiger partial charge on any atom is 0.138 e. The van der Waals surface area contributed by atoms with Crippen LogP contribution in [0.25, 0.3) is 5.65 Å². The first-order valence-electron chi connectivity index (χ1n) is 6.09. The molecular formula is C13H19N3S. The standard InChI is InChI=1S/C13H19N3S/c1-3-10(2)17-13-11(7-8-14)16-9-5-4-6-12(16)15-13/h4-6,9-10H,3,7-8,14H2,1-2H3. The average molecular weight is 249 g/mol. The smallest absolute Gasteiger partial charge is 0.138 e. The van der Waals surface area contributed by atoms with E-state index in [2.05, 4.69) is 29.4 Å². The Hall–Kier alpha value is -1.00. The Morgan fingerprint density at radius 1 is 1.47 bits per heavy atom. The summed E-state index contributed by atoms with van der Waals surface area (Å²) < 4.78 is 2.15. The van der Waals surface area contributed by atoms with Gasteiger partial charge in [0.25, 0.3) is 0 Å². The maximum atomic E-state index is 5.69. The van der Waals surface area contributed by atoms with E-state index in [1.165, 1.54) is 5.69 Å². The topological polar surface area (TPSA) is 43.3 Å². The molecule has 0 bridgehead atoms. The fourth-order valence-electron chi connectivity index (χ4n) is 1.76. The van der Waals surface area contributed by atoms with Crippen LogP contribution in [0.4, 0.5) is 0 Å². The van der Waals surface area contributed by atoms with Gasteiger partial charge in [0.15, 0.2) is 0 Å². The van der Waals surface area contributed by atoms with Crippen LogP contribution in [0, 0.1) is 0 Å². The molecule has 0 saturated carbocycles. The van der Waals surface area contributed by atoms with Crippen molar-refractivity contribution >= 4 is 17.4 Å². The summed E-state index contributed by atoms with van der Waals surface area (Å²) in [6.07, 6.45) is 4.10. The summed E-state index contributed by atoms with van der Waals surface area (Å²) in [5.41, 5.74) is 7.95. The van der Waals surface area contributed by atoms with Crippen LogP contribution in [0.2, 0.25) is 0 Å². The number of hydrogen-bond acceptors (Lipinski definition) is 3. The van der Waals surface area contributed by atoms with Crippen molar-refractivity contribution in [1.82, 2.24) is 9.38 Å². The van der Waals surface area contributed by atoms with Crippen molar-refractivity contribution < 1.29 is 0 Å². The summed E-state index contributed by atoms with van der Waals surface area (Å²) in [4.78, 5) is 4.69. The minimum atomic E-state index is 0.594. The molecular weight excluding hydrogens is 230 g/mol. The van der Waals surface area contributed by atoms with Crippen LogP contribution in [0.15, 0.2) is 29.4 Å². The van der Waals surface area contributed by atoms with Crippen LogP contribution in [0.3, 0.4) is 0 Å². The second kappa shape index (κ2) is 5.56. The van der Waals surface area contributed by atoms with Gasteiger partial charge in [-0.05, 0) is 25.1 Å². The Morgan fingerprint density at radius 3 is 3.00 bits per heavy atom. The van der Waals surface area contributed by atoms with Crippen LogP contribution in [0.5, 0.6) is 0 Å². The highest BCUT2D eigenvalue weighted by molar-refractivity contribution is 7.99. The lowest BCUT2D eigenvalue weighted by molar-refractivity contribution is 0.865. The second-order valence-electron chi connectivity index (χ2n) is 4.17. The molecule has 1 atom stereocenters. The minimum absolute atomic E-state index is 0.594. The molecule has 3 nitrogen and oxygen atoms in total. The molecule has 0 amide bonds. The van der Waals surface area contributed by atoms with Crippen LogP contribution < -0.4 is 5.73 Å². The number of aromatic nitrogens is 2. The molecule has 0 aliphatic rings. The van der Waals surface area contributed by atoms with E-state index in [0.29, 0.717) is 11.8 Å². The molecule has 2 N–H and O–H groups in total. The van der Waals surface area contributed by atoms with Gasteiger partial charge in [0.2, 0.25) is 0 Å². The minimum Gasteiger partial charge on any atom is -0.330 e. The summed E-state index contributed by atoms with van der Waals surface area (Å²) in [6, 6.07) is 6.10. The zero-order chi connectivity index (χ0) is 12.3. The van der Waals surface area contributed by atoms with E-state index in [4.69, 9.17) is 5.73 Å². The van der Waals surface area contributed by atoms with Crippen molar-refractivity contribution in [1.29, 1.82) is 0 Å². The SMILES string of the molecule is CCC(C)Sc1nc2ccccn2c1CCN.